The summed E-state index contributed by atoms with van der Waals surface area (Å²) in [6.45, 7) is 1.79. The molecule has 0 saturated heterocycles. The maximum absolute atomic E-state index is 12.7. The summed E-state index contributed by atoms with van der Waals surface area (Å²) in [5, 5.41) is 12.9. The quantitative estimate of drug-likeness (QED) is 0.818. The molecule has 4 rings (SSSR count). The molecule has 2 aliphatic rings. The Morgan fingerprint density at radius 3 is 3.14 bits per heavy atom. The van der Waals surface area contributed by atoms with Crippen LogP contribution < -0.4 is 20.7 Å². The Hall–Kier alpha value is -3.12. The molecule has 0 spiro atoms. The minimum atomic E-state index is -0.395. The van der Waals surface area contributed by atoms with Crippen molar-refractivity contribution in [3.05, 3.63) is 28.1 Å². The SMILES string of the molecule is CC1CCc2c(sc(NC(=O)CN3C(=O)COc4ccc(N)nc43)c2C#N)C1. The van der Waals surface area contributed by atoms with Crippen molar-refractivity contribution in [3.8, 4) is 11.8 Å². The lowest BCUT2D eigenvalue weighted by Crippen LogP contribution is -2.44. The van der Waals surface area contributed by atoms with E-state index in [1.165, 1.54) is 16.2 Å². The molecule has 2 amide bonds. The maximum atomic E-state index is 12.7. The third-order valence-electron chi connectivity index (χ3n) is 4.95. The second-order valence-corrected chi connectivity index (χ2v) is 8.15. The zero-order chi connectivity index (χ0) is 19.8. The number of aromatic nitrogens is 1. The Balaban J connectivity index is 1.55. The number of nitriles is 1. The Morgan fingerprint density at radius 2 is 2.36 bits per heavy atom. The minimum absolute atomic E-state index is 0.166. The molecule has 2 aromatic rings. The number of fused-ring (bicyclic) bond motifs is 2. The number of amides is 2. The number of nitrogens with zero attached hydrogens (tertiary/aromatic N) is 3. The van der Waals surface area contributed by atoms with Crippen molar-refractivity contribution in [1.82, 2.24) is 4.98 Å². The molecule has 0 aromatic carbocycles. The zero-order valence-electron chi connectivity index (χ0n) is 15.3. The Bertz CT molecular complexity index is 1010. The number of nitrogen functional groups attached to an aromatic ring is 1. The topological polar surface area (TPSA) is 121 Å². The fourth-order valence-electron chi connectivity index (χ4n) is 3.52. The van der Waals surface area contributed by atoms with E-state index in [9.17, 15) is 14.9 Å². The molecule has 28 heavy (non-hydrogen) atoms. The molecule has 3 heterocycles. The van der Waals surface area contributed by atoms with Gasteiger partial charge in [0.2, 0.25) is 5.91 Å². The first kappa shape index (κ1) is 18.3. The first-order valence-corrected chi connectivity index (χ1v) is 9.82. The number of ether oxygens (including phenoxy) is 1. The molecule has 8 nitrogen and oxygen atoms in total. The number of nitrogens with one attached hydrogen (secondary N) is 1. The van der Waals surface area contributed by atoms with Crippen LogP contribution in [0.5, 0.6) is 5.75 Å². The predicted octanol–water partition coefficient (Wildman–Crippen LogP) is 2.09. The highest BCUT2D eigenvalue weighted by atomic mass is 32.1. The highest BCUT2D eigenvalue weighted by molar-refractivity contribution is 7.16. The molecule has 0 bridgehead atoms. The van der Waals surface area contributed by atoms with Crippen LogP contribution in [0.1, 0.15) is 29.3 Å². The van der Waals surface area contributed by atoms with Gasteiger partial charge in [0.25, 0.3) is 5.91 Å². The lowest BCUT2D eigenvalue weighted by Gasteiger charge is -2.27. The molecule has 144 valence electrons. The fraction of sp³-hybridized carbons (Fsp3) is 0.368. The van der Waals surface area contributed by atoms with Crippen LogP contribution in [-0.4, -0.2) is 29.9 Å². The van der Waals surface area contributed by atoms with Gasteiger partial charge in [-0.3, -0.25) is 14.5 Å². The van der Waals surface area contributed by atoms with Crippen molar-refractivity contribution >= 4 is 39.8 Å². The van der Waals surface area contributed by atoms with Gasteiger partial charge in [0.05, 0.1) is 5.56 Å². The molecule has 1 atom stereocenters. The highest BCUT2D eigenvalue weighted by Gasteiger charge is 2.30. The van der Waals surface area contributed by atoms with Gasteiger partial charge in [0.15, 0.2) is 18.2 Å². The number of carbonyl (C=O) groups is 2. The summed E-state index contributed by atoms with van der Waals surface area (Å²) in [4.78, 5) is 31.5. The van der Waals surface area contributed by atoms with Crippen molar-refractivity contribution < 1.29 is 14.3 Å². The van der Waals surface area contributed by atoms with E-state index in [2.05, 4.69) is 23.3 Å². The lowest BCUT2D eigenvalue weighted by atomic mass is 9.89. The van der Waals surface area contributed by atoms with Crippen LogP contribution in [0, 0.1) is 17.2 Å². The average Bonchev–Trinajstić information content (AvgIpc) is 2.99. The summed E-state index contributed by atoms with van der Waals surface area (Å²) >= 11 is 1.45. The van der Waals surface area contributed by atoms with Crippen molar-refractivity contribution in [3.63, 3.8) is 0 Å². The van der Waals surface area contributed by atoms with Crippen molar-refractivity contribution in [2.75, 3.05) is 29.1 Å². The Kier molecular flexibility index (Phi) is 4.65. The molecule has 0 fully saturated rings. The van der Waals surface area contributed by atoms with E-state index in [-0.39, 0.29) is 30.7 Å². The second kappa shape index (κ2) is 7.13. The largest absolute Gasteiger partial charge is 0.480 e. The number of nitrogens with two attached hydrogens (primary N) is 1. The summed E-state index contributed by atoms with van der Waals surface area (Å²) in [5.41, 5.74) is 7.29. The number of thiophene rings is 1. The molecular formula is C19H19N5O3S. The van der Waals surface area contributed by atoms with Crippen LogP contribution in [-0.2, 0) is 22.4 Å². The summed E-state index contributed by atoms with van der Waals surface area (Å²) in [7, 11) is 0. The molecule has 0 saturated carbocycles. The zero-order valence-corrected chi connectivity index (χ0v) is 16.1. The predicted molar refractivity (Wildman–Crippen MR) is 105 cm³/mol. The summed E-state index contributed by atoms with van der Waals surface area (Å²) in [5.74, 6) is 0.662. The molecule has 2 aromatic heterocycles. The van der Waals surface area contributed by atoms with Crippen LogP contribution in [0.4, 0.5) is 16.6 Å². The van der Waals surface area contributed by atoms with Gasteiger partial charge in [-0.25, -0.2) is 4.98 Å². The Labute approximate surface area is 165 Å². The third kappa shape index (κ3) is 3.27. The maximum Gasteiger partial charge on any atom is 0.266 e. The van der Waals surface area contributed by atoms with E-state index in [1.807, 2.05) is 0 Å². The standard InChI is InChI=1S/C19H19N5O3S/c1-10-2-3-11-12(7-20)19(28-14(11)6-10)23-16(25)8-24-17(26)9-27-13-4-5-15(21)22-18(13)24/h4-5,10H,2-3,6,8-9H2,1H3,(H2,21,22)(H,23,25). The van der Waals surface area contributed by atoms with Gasteiger partial charge in [0.1, 0.15) is 23.4 Å². The van der Waals surface area contributed by atoms with Crippen molar-refractivity contribution in [1.29, 1.82) is 5.26 Å². The van der Waals surface area contributed by atoms with E-state index in [0.29, 0.717) is 22.2 Å². The van der Waals surface area contributed by atoms with Crippen molar-refractivity contribution in [2.24, 2.45) is 5.92 Å². The van der Waals surface area contributed by atoms with E-state index in [1.54, 1.807) is 12.1 Å². The van der Waals surface area contributed by atoms with E-state index in [0.717, 1.165) is 29.7 Å². The number of pyridine rings is 1. The number of rotatable bonds is 3. The van der Waals surface area contributed by atoms with Gasteiger partial charge in [0, 0.05) is 4.88 Å². The number of hydrogen-bond donors (Lipinski definition) is 2. The molecular weight excluding hydrogens is 378 g/mol. The minimum Gasteiger partial charge on any atom is -0.480 e. The van der Waals surface area contributed by atoms with Crippen LogP contribution >= 0.6 is 11.3 Å². The Morgan fingerprint density at radius 1 is 1.54 bits per heavy atom. The summed E-state index contributed by atoms with van der Waals surface area (Å²) < 4.78 is 5.34. The highest BCUT2D eigenvalue weighted by Crippen LogP contribution is 2.39. The number of anilines is 3. The van der Waals surface area contributed by atoms with Crippen LogP contribution in [0.2, 0.25) is 0 Å². The van der Waals surface area contributed by atoms with E-state index < -0.39 is 5.91 Å². The first-order valence-electron chi connectivity index (χ1n) is 9.00. The molecule has 3 N–H and O–H groups in total. The normalized spacial score (nSPS) is 17.9. The number of hydrogen-bond acceptors (Lipinski definition) is 7. The number of carbonyl (C=O) groups excluding carboxylic acids is 2. The van der Waals surface area contributed by atoms with Crippen molar-refractivity contribution in [2.45, 2.75) is 26.2 Å². The summed E-state index contributed by atoms with van der Waals surface area (Å²) in [6.07, 6.45) is 2.81. The smallest absolute Gasteiger partial charge is 0.266 e. The third-order valence-corrected chi connectivity index (χ3v) is 6.12. The molecule has 1 unspecified atom stereocenters. The first-order chi connectivity index (χ1) is 13.5. The van der Waals surface area contributed by atoms with Gasteiger partial charge >= 0.3 is 0 Å². The van der Waals surface area contributed by atoms with Crippen LogP contribution in [0.3, 0.4) is 0 Å². The van der Waals surface area contributed by atoms with E-state index in [4.69, 9.17) is 10.5 Å². The van der Waals surface area contributed by atoms with Crippen LogP contribution in [0.25, 0.3) is 0 Å². The monoisotopic (exact) mass is 397 g/mol. The van der Waals surface area contributed by atoms with Gasteiger partial charge < -0.3 is 15.8 Å². The van der Waals surface area contributed by atoms with Gasteiger partial charge in [-0.1, -0.05) is 6.92 Å². The van der Waals surface area contributed by atoms with E-state index >= 15 is 0 Å². The molecule has 1 aliphatic heterocycles. The summed E-state index contributed by atoms with van der Waals surface area (Å²) in [6, 6.07) is 5.42. The van der Waals surface area contributed by atoms with Crippen LogP contribution in [0.15, 0.2) is 12.1 Å². The fourth-order valence-corrected chi connectivity index (χ4v) is 4.90. The van der Waals surface area contributed by atoms with Gasteiger partial charge in [-0.05, 0) is 42.9 Å². The average molecular weight is 397 g/mol. The molecule has 0 radical (unpaired) electrons. The second-order valence-electron chi connectivity index (χ2n) is 7.04. The molecule has 1 aliphatic carbocycles. The van der Waals surface area contributed by atoms with Gasteiger partial charge in [-0.15, -0.1) is 11.3 Å². The van der Waals surface area contributed by atoms with Gasteiger partial charge in [-0.2, -0.15) is 5.26 Å². The lowest BCUT2D eigenvalue weighted by molar-refractivity contribution is -0.123. The molecule has 9 heteroatoms.